The predicted molar refractivity (Wildman–Crippen MR) is 59.1 cm³/mol. The third-order valence-electron chi connectivity index (χ3n) is 3.03. The second-order valence-electron chi connectivity index (χ2n) is 5.29. The van der Waals surface area contributed by atoms with Crippen molar-refractivity contribution in [2.24, 2.45) is 5.92 Å². The Morgan fingerprint density at radius 3 is 2.50 bits per heavy atom. The molecule has 1 aliphatic rings. The van der Waals surface area contributed by atoms with Gasteiger partial charge in [0.15, 0.2) is 0 Å². The van der Waals surface area contributed by atoms with Crippen LogP contribution >= 0.6 is 0 Å². The third-order valence-corrected chi connectivity index (χ3v) is 3.03. The Morgan fingerprint density at radius 1 is 1.43 bits per heavy atom. The molecule has 1 rings (SSSR count). The number of rotatable bonds is 3. The van der Waals surface area contributed by atoms with Crippen LogP contribution in [0.2, 0.25) is 0 Å². The molecule has 0 bridgehead atoms. The number of carbonyl (C=O) groups excluding carboxylic acids is 1. The summed E-state index contributed by atoms with van der Waals surface area (Å²) >= 11 is 0. The molecular formula is C12H23NO. The first kappa shape index (κ1) is 11.5. The molecule has 0 spiro atoms. The van der Waals surface area contributed by atoms with Crippen molar-refractivity contribution < 1.29 is 4.79 Å². The van der Waals surface area contributed by atoms with Crippen molar-refractivity contribution in [1.29, 1.82) is 0 Å². The zero-order valence-corrected chi connectivity index (χ0v) is 9.97. The Morgan fingerprint density at radius 2 is 2.07 bits per heavy atom. The fourth-order valence-electron chi connectivity index (χ4n) is 2.12. The van der Waals surface area contributed by atoms with Gasteiger partial charge in [-0.25, -0.2) is 0 Å². The van der Waals surface area contributed by atoms with Gasteiger partial charge in [0.2, 0.25) is 5.91 Å². The predicted octanol–water partition coefficient (Wildman–Crippen LogP) is 2.82. The Hall–Kier alpha value is -0.530. The minimum absolute atomic E-state index is 0.0120. The average molecular weight is 197 g/mol. The van der Waals surface area contributed by atoms with Gasteiger partial charge in [-0.1, -0.05) is 19.8 Å². The van der Waals surface area contributed by atoms with E-state index in [0.717, 1.165) is 19.4 Å². The van der Waals surface area contributed by atoms with Crippen LogP contribution in [0.5, 0.6) is 0 Å². The van der Waals surface area contributed by atoms with E-state index in [0.29, 0.717) is 11.8 Å². The summed E-state index contributed by atoms with van der Waals surface area (Å²) in [6, 6.07) is 0. The fourth-order valence-corrected chi connectivity index (χ4v) is 2.12. The lowest BCUT2D eigenvalue weighted by atomic mass is 10.0. The van der Waals surface area contributed by atoms with Crippen molar-refractivity contribution in [1.82, 2.24) is 4.90 Å². The first-order chi connectivity index (χ1) is 6.46. The fraction of sp³-hybridized carbons (Fsp3) is 0.917. The molecule has 0 radical (unpaired) electrons. The van der Waals surface area contributed by atoms with Crippen molar-refractivity contribution in [2.75, 3.05) is 6.54 Å². The maximum absolute atomic E-state index is 12.0. The van der Waals surface area contributed by atoms with Crippen molar-refractivity contribution in [3.63, 3.8) is 0 Å². The van der Waals surface area contributed by atoms with Crippen LogP contribution in [0.3, 0.4) is 0 Å². The summed E-state index contributed by atoms with van der Waals surface area (Å²) in [4.78, 5) is 14.0. The average Bonchev–Trinajstić information content (AvgIpc) is 2.42. The minimum Gasteiger partial charge on any atom is -0.338 e. The molecule has 2 nitrogen and oxygen atoms in total. The molecule has 0 aliphatic carbocycles. The van der Waals surface area contributed by atoms with Crippen LogP contribution < -0.4 is 0 Å². The zero-order chi connectivity index (χ0) is 10.8. The molecule has 1 fully saturated rings. The third kappa shape index (κ3) is 2.49. The highest BCUT2D eigenvalue weighted by Gasteiger charge is 2.36. The monoisotopic (exact) mass is 197 g/mol. The highest BCUT2D eigenvalue weighted by molar-refractivity contribution is 5.81. The van der Waals surface area contributed by atoms with E-state index in [1.165, 1.54) is 12.8 Å². The Bertz CT molecular complexity index is 205. The van der Waals surface area contributed by atoms with Crippen LogP contribution in [0.15, 0.2) is 0 Å². The van der Waals surface area contributed by atoms with E-state index in [1.54, 1.807) is 0 Å². The van der Waals surface area contributed by atoms with E-state index >= 15 is 0 Å². The molecule has 0 N–H and O–H groups in total. The first-order valence-electron chi connectivity index (χ1n) is 5.78. The van der Waals surface area contributed by atoms with Crippen LogP contribution in [0.4, 0.5) is 0 Å². The van der Waals surface area contributed by atoms with Gasteiger partial charge in [-0.05, 0) is 33.6 Å². The Balaban J connectivity index is 2.52. The summed E-state index contributed by atoms with van der Waals surface area (Å²) < 4.78 is 0. The summed E-state index contributed by atoms with van der Waals surface area (Å²) in [5.41, 5.74) is 0.0120. The van der Waals surface area contributed by atoms with Crippen LogP contribution in [-0.4, -0.2) is 22.9 Å². The van der Waals surface area contributed by atoms with Crippen molar-refractivity contribution >= 4 is 5.91 Å². The molecule has 0 aromatic carbocycles. The highest BCUT2D eigenvalue weighted by atomic mass is 16.2. The van der Waals surface area contributed by atoms with E-state index in [4.69, 9.17) is 0 Å². The summed E-state index contributed by atoms with van der Waals surface area (Å²) in [5.74, 6) is 0.695. The normalized spacial score (nSPS) is 23.3. The van der Waals surface area contributed by atoms with E-state index in [9.17, 15) is 4.79 Å². The quantitative estimate of drug-likeness (QED) is 0.681. The molecule has 1 amide bonds. The number of nitrogens with zero attached hydrogens (tertiary/aromatic N) is 1. The second kappa shape index (κ2) is 4.33. The number of carbonyl (C=O) groups is 1. The van der Waals surface area contributed by atoms with Gasteiger partial charge in [0.25, 0.3) is 0 Å². The number of hydrogen-bond acceptors (Lipinski definition) is 1. The molecule has 0 saturated carbocycles. The standard InChI is InChI=1S/C12H23NO/c1-5-6-7-10-8-9-13(11(10)14)12(2,3)4/h10H,5-9H2,1-4H3. The van der Waals surface area contributed by atoms with Crippen LogP contribution in [0.25, 0.3) is 0 Å². The van der Waals surface area contributed by atoms with Crippen LogP contribution in [-0.2, 0) is 4.79 Å². The van der Waals surface area contributed by atoms with Gasteiger partial charge in [-0.2, -0.15) is 0 Å². The molecule has 1 heterocycles. The van der Waals surface area contributed by atoms with E-state index < -0.39 is 0 Å². The molecule has 1 aliphatic heterocycles. The molecule has 1 unspecified atom stereocenters. The van der Waals surface area contributed by atoms with Crippen LogP contribution in [0.1, 0.15) is 53.4 Å². The summed E-state index contributed by atoms with van der Waals surface area (Å²) in [7, 11) is 0. The molecular weight excluding hydrogens is 174 g/mol. The van der Waals surface area contributed by atoms with Gasteiger partial charge in [-0.15, -0.1) is 0 Å². The minimum atomic E-state index is 0.0120. The van der Waals surface area contributed by atoms with Crippen molar-refractivity contribution in [3.8, 4) is 0 Å². The number of unbranched alkanes of at least 4 members (excludes halogenated alkanes) is 1. The Kier molecular flexibility index (Phi) is 3.57. The number of likely N-dealkylation sites (tertiary alicyclic amines) is 1. The lowest BCUT2D eigenvalue weighted by Crippen LogP contribution is -2.43. The van der Waals surface area contributed by atoms with E-state index in [1.807, 2.05) is 4.90 Å². The first-order valence-corrected chi connectivity index (χ1v) is 5.78. The molecule has 0 aromatic rings. The van der Waals surface area contributed by atoms with E-state index in [2.05, 4.69) is 27.7 Å². The van der Waals surface area contributed by atoms with Crippen molar-refractivity contribution in [2.45, 2.75) is 58.9 Å². The van der Waals surface area contributed by atoms with Gasteiger partial charge in [-0.3, -0.25) is 4.79 Å². The Labute approximate surface area is 87.7 Å². The molecule has 14 heavy (non-hydrogen) atoms. The van der Waals surface area contributed by atoms with Crippen molar-refractivity contribution in [3.05, 3.63) is 0 Å². The maximum atomic E-state index is 12.0. The van der Waals surface area contributed by atoms with E-state index in [-0.39, 0.29) is 5.54 Å². The molecule has 2 heteroatoms. The lowest BCUT2D eigenvalue weighted by Gasteiger charge is -2.32. The van der Waals surface area contributed by atoms with Gasteiger partial charge in [0.1, 0.15) is 0 Å². The number of amides is 1. The number of hydrogen-bond donors (Lipinski definition) is 0. The highest BCUT2D eigenvalue weighted by Crippen LogP contribution is 2.28. The molecule has 1 atom stereocenters. The molecule has 1 saturated heterocycles. The topological polar surface area (TPSA) is 20.3 Å². The summed E-state index contributed by atoms with van der Waals surface area (Å²) in [6.45, 7) is 9.49. The van der Waals surface area contributed by atoms with Gasteiger partial charge in [0, 0.05) is 18.0 Å². The maximum Gasteiger partial charge on any atom is 0.226 e. The smallest absolute Gasteiger partial charge is 0.226 e. The van der Waals surface area contributed by atoms with Gasteiger partial charge < -0.3 is 4.90 Å². The van der Waals surface area contributed by atoms with Gasteiger partial charge >= 0.3 is 0 Å². The summed E-state index contributed by atoms with van der Waals surface area (Å²) in [5, 5.41) is 0. The molecule has 82 valence electrons. The lowest BCUT2D eigenvalue weighted by molar-refractivity contribution is -0.135. The zero-order valence-electron chi connectivity index (χ0n) is 9.97. The van der Waals surface area contributed by atoms with Gasteiger partial charge in [0.05, 0.1) is 0 Å². The molecule has 0 aromatic heterocycles. The SMILES string of the molecule is CCCCC1CCN(C(C)(C)C)C1=O. The van der Waals surface area contributed by atoms with Crippen LogP contribution in [0, 0.1) is 5.92 Å². The largest absolute Gasteiger partial charge is 0.338 e. The second-order valence-corrected chi connectivity index (χ2v) is 5.29. The summed E-state index contributed by atoms with van der Waals surface area (Å²) in [6.07, 6.45) is 4.53.